The Balaban J connectivity index is 1.44. The molecule has 0 spiro atoms. The normalized spacial score (nSPS) is 24.7. The van der Waals surface area contributed by atoms with Gasteiger partial charge in [0.05, 0.1) is 6.04 Å². The van der Waals surface area contributed by atoms with Crippen molar-refractivity contribution in [2.24, 2.45) is 5.41 Å². The van der Waals surface area contributed by atoms with Crippen LogP contribution in [0.15, 0.2) is 11.6 Å². The first-order chi connectivity index (χ1) is 12.4. The molecule has 1 unspecified atom stereocenters. The molecule has 1 aliphatic carbocycles. The van der Waals surface area contributed by atoms with E-state index in [-0.39, 0.29) is 23.4 Å². The monoisotopic (exact) mass is 362 g/mol. The summed E-state index contributed by atoms with van der Waals surface area (Å²) in [6.07, 6.45) is 7.94. The van der Waals surface area contributed by atoms with E-state index in [1.165, 1.54) is 18.4 Å². The number of nitrogens with one attached hydrogen (secondary N) is 1. The zero-order valence-corrected chi connectivity index (χ0v) is 16.6. The molecule has 0 aromatic carbocycles. The Kier molecular flexibility index (Phi) is 5.90. The van der Waals surface area contributed by atoms with E-state index in [9.17, 15) is 9.59 Å². The highest BCUT2D eigenvalue weighted by molar-refractivity contribution is 5.82. The molecule has 2 heterocycles. The summed E-state index contributed by atoms with van der Waals surface area (Å²) in [4.78, 5) is 31.1. The highest BCUT2D eigenvalue weighted by Gasteiger charge is 2.34. The largest absolute Gasteiger partial charge is 0.338 e. The van der Waals surface area contributed by atoms with E-state index in [0.717, 1.165) is 25.8 Å². The van der Waals surface area contributed by atoms with Crippen LogP contribution in [0.4, 0.5) is 4.79 Å². The molecule has 0 bridgehead atoms. The first-order valence-electron chi connectivity index (χ1n) is 10.1. The third-order valence-corrected chi connectivity index (χ3v) is 6.28. The van der Waals surface area contributed by atoms with Gasteiger partial charge in [-0.1, -0.05) is 25.5 Å². The number of urea groups is 1. The van der Waals surface area contributed by atoms with Gasteiger partial charge in [-0.25, -0.2) is 4.79 Å². The molecular weight excluding hydrogens is 328 g/mol. The van der Waals surface area contributed by atoms with Crippen molar-refractivity contribution in [3.63, 3.8) is 0 Å². The molecule has 3 amide bonds. The Bertz CT molecular complexity index is 564. The Morgan fingerprint density at radius 1 is 1.12 bits per heavy atom. The van der Waals surface area contributed by atoms with Crippen molar-refractivity contribution in [3.05, 3.63) is 11.6 Å². The lowest BCUT2D eigenvalue weighted by molar-refractivity contribution is -0.137. The molecule has 146 valence electrons. The minimum absolute atomic E-state index is 0.00163. The number of likely N-dealkylation sites (tertiary alicyclic amines) is 1. The van der Waals surface area contributed by atoms with Gasteiger partial charge in [-0.05, 0) is 45.7 Å². The van der Waals surface area contributed by atoms with Gasteiger partial charge in [0.25, 0.3) is 0 Å². The minimum atomic E-state index is 0.00163. The molecule has 0 saturated carbocycles. The van der Waals surface area contributed by atoms with E-state index in [4.69, 9.17) is 0 Å². The van der Waals surface area contributed by atoms with Crippen LogP contribution in [0.5, 0.6) is 0 Å². The van der Waals surface area contributed by atoms with Crippen molar-refractivity contribution < 1.29 is 9.59 Å². The summed E-state index contributed by atoms with van der Waals surface area (Å²) in [5.74, 6) is 0.236. The average molecular weight is 363 g/mol. The third-order valence-electron chi connectivity index (χ3n) is 6.28. The standard InChI is InChI=1S/C20H34N4O2/c1-20(2,16-7-4-5-8-16)15-21-19(26)24-13-11-23(12-14-24)18(25)17-9-6-10-22(17)3/h7,17H,4-6,8-15H2,1-3H3,(H,21,26). The van der Waals surface area contributed by atoms with Gasteiger partial charge in [0.1, 0.15) is 0 Å². The van der Waals surface area contributed by atoms with Crippen LogP contribution < -0.4 is 5.32 Å². The van der Waals surface area contributed by atoms with Gasteiger partial charge in [-0.2, -0.15) is 0 Å². The molecule has 6 heteroatoms. The quantitative estimate of drug-likeness (QED) is 0.779. The summed E-state index contributed by atoms with van der Waals surface area (Å²) in [5, 5.41) is 3.11. The van der Waals surface area contributed by atoms with Crippen molar-refractivity contribution in [1.29, 1.82) is 0 Å². The van der Waals surface area contributed by atoms with E-state index < -0.39 is 0 Å². The molecule has 2 aliphatic heterocycles. The summed E-state index contributed by atoms with van der Waals surface area (Å²) >= 11 is 0. The van der Waals surface area contributed by atoms with E-state index in [0.29, 0.717) is 32.7 Å². The van der Waals surface area contributed by atoms with Crippen molar-refractivity contribution in [2.45, 2.75) is 52.0 Å². The molecule has 1 N–H and O–H groups in total. The lowest BCUT2D eigenvalue weighted by Gasteiger charge is -2.37. The van der Waals surface area contributed by atoms with Gasteiger partial charge in [-0.3, -0.25) is 9.69 Å². The van der Waals surface area contributed by atoms with E-state index in [1.54, 1.807) is 0 Å². The molecule has 3 aliphatic rings. The first kappa shape index (κ1) is 19.2. The smallest absolute Gasteiger partial charge is 0.317 e. The molecule has 26 heavy (non-hydrogen) atoms. The van der Waals surface area contributed by atoms with Crippen LogP contribution in [-0.2, 0) is 4.79 Å². The second-order valence-electron chi connectivity index (χ2n) is 8.62. The van der Waals surface area contributed by atoms with Crippen LogP contribution in [-0.4, -0.2) is 79.0 Å². The molecule has 0 aromatic rings. The van der Waals surface area contributed by atoms with E-state index in [1.807, 2.05) is 16.8 Å². The number of hydrogen-bond donors (Lipinski definition) is 1. The number of likely N-dealkylation sites (N-methyl/N-ethyl adjacent to an activating group) is 1. The summed E-state index contributed by atoms with van der Waals surface area (Å²) in [5.41, 5.74) is 1.49. The zero-order chi connectivity index (χ0) is 18.7. The van der Waals surface area contributed by atoms with Crippen molar-refractivity contribution >= 4 is 11.9 Å². The van der Waals surface area contributed by atoms with Gasteiger partial charge < -0.3 is 15.1 Å². The van der Waals surface area contributed by atoms with Crippen molar-refractivity contribution in [2.75, 3.05) is 46.3 Å². The highest BCUT2D eigenvalue weighted by atomic mass is 16.2. The number of amides is 3. The Morgan fingerprint density at radius 2 is 1.81 bits per heavy atom. The summed E-state index contributed by atoms with van der Waals surface area (Å²) in [6, 6.07) is 0.0395. The number of allylic oxidation sites excluding steroid dienone is 1. The molecule has 1 atom stereocenters. The van der Waals surface area contributed by atoms with Gasteiger partial charge in [0.15, 0.2) is 0 Å². The number of rotatable bonds is 4. The number of carbonyl (C=O) groups is 2. The van der Waals surface area contributed by atoms with Gasteiger partial charge in [0, 0.05) is 38.1 Å². The summed E-state index contributed by atoms with van der Waals surface area (Å²) in [7, 11) is 2.03. The molecule has 3 rings (SSSR count). The number of hydrogen-bond acceptors (Lipinski definition) is 3. The van der Waals surface area contributed by atoms with Crippen LogP contribution in [0.2, 0.25) is 0 Å². The van der Waals surface area contributed by atoms with Crippen LogP contribution in [0, 0.1) is 5.41 Å². The lowest BCUT2D eigenvalue weighted by Crippen LogP contribution is -2.56. The van der Waals surface area contributed by atoms with Crippen molar-refractivity contribution in [3.8, 4) is 0 Å². The molecular formula is C20H34N4O2. The van der Waals surface area contributed by atoms with Gasteiger partial charge >= 0.3 is 6.03 Å². The maximum absolute atomic E-state index is 12.7. The number of piperazine rings is 1. The Labute approximate surface area is 157 Å². The highest BCUT2D eigenvalue weighted by Crippen LogP contribution is 2.34. The van der Waals surface area contributed by atoms with E-state index >= 15 is 0 Å². The van der Waals surface area contributed by atoms with Gasteiger partial charge in [0.2, 0.25) is 5.91 Å². The summed E-state index contributed by atoms with van der Waals surface area (Å²) < 4.78 is 0. The van der Waals surface area contributed by atoms with Crippen molar-refractivity contribution in [1.82, 2.24) is 20.0 Å². The molecule has 2 fully saturated rings. The minimum Gasteiger partial charge on any atom is -0.338 e. The second-order valence-corrected chi connectivity index (χ2v) is 8.62. The molecule has 2 saturated heterocycles. The second kappa shape index (κ2) is 7.99. The zero-order valence-electron chi connectivity index (χ0n) is 16.6. The molecule has 0 radical (unpaired) electrons. The first-order valence-corrected chi connectivity index (χ1v) is 10.1. The Hall–Kier alpha value is -1.56. The summed E-state index contributed by atoms with van der Waals surface area (Å²) in [6.45, 7) is 8.62. The maximum Gasteiger partial charge on any atom is 0.317 e. The fourth-order valence-electron chi connectivity index (χ4n) is 4.37. The van der Waals surface area contributed by atoms with Crippen LogP contribution in [0.25, 0.3) is 0 Å². The fourth-order valence-corrected chi connectivity index (χ4v) is 4.37. The molecule has 0 aromatic heterocycles. The average Bonchev–Trinajstić information content (AvgIpc) is 3.31. The van der Waals surface area contributed by atoms with Gasteiger partial charge in [-0.15, -0.1) is 0 Å². The van der Waals surface area contributed by atoms with Crippen LogP contribution >= 0.6 is 0 Å². The predicted octanol–water partition coefficient (Wildman–Crippen LogP) is 2.07. The topological polar surface area (TPSA) is 55.9 Å². The van der Waals surface area contributed by atoms with Crippen LogP contribution in [0.3, 0.4) is 0 Å². The van der Waals surface area contributed by atoms with E-state index in [2.05, 4.69) is 30.1 Å². The maximum atomic E-state index is 12.7. The molecule has 6 nitrogen and oxygen atoms in total. The Morgan fingerprint density at radius 3 is 2.38 bits per heavy atom. The predicted molar refractivity (Wildman–Crippen MR) is 103 cm³/mol. The number of carbonyl (C=O) groups excluding carboxylic acids is 2. The number of nitrogens with zero attached hydrogens (tertiary/aromatic N) is 3. The fraction of sp³-hybridized carbons (Fsp3) is 0.800. The third kappa shape index (κ3) is 4.22. The lowest BCUT2D eigenvalue weighted by atomic mass is 9.83. The van der Waals surface area contributed by atoms with Crippen LogP contribution in [0.1, 0.15) is 46.0 Å². The SMILES string of the molecule is CN1CCCC1C(=O)N1CCN(C(=O)NCC(C)(C)C2=CCCC2)CC1.